The summed E-state index contributed by atoms with van der Waals surface area (Å²) in [5.41, 5.74) is 1.78. The number of rotatable bonds is 8. The van der Waals surface area contributed by atoms with Crippen LogP contribution in [0.15, 0.2) is 71.5 Å². The summed E-state index contributed by atoms with van der Waals surface area (Å²) < 4.78 is 7.46. The van der Waals surface area contributed by atoms with E-state index in [1.54, 1.807) is 24.3 Å². The second kappa shape index (κ2) is 11.2. The summed E-state index contributed by atoms with van der Waals surface area (Å²) in [4.78, 5) is 57.4. The Morgan fingerprint density at radius 3 is 2.33 bits per heavy atom. The van der Waals surface area contributed by atoms with E-state index in [2.05, 4.69) is 10.2 Å². The fraction of sp³-hybridized carbons (Fsp3) is 0.394. The van der Waals surface area contributed by atoms with Gasteiger partial charge in [-0.05, 0) is 73.6 Å². The van der Waals surface area contributed by atoms with Crippen LogP contribution in [0.3, 0.4) is 0 Å². The zero-order chi connectivity index (χ0) is 29.4. The van der Waals surface area contributed by atoms with Crippen molar-refractivity contribution >= 4 is 23.5 Å². The normalized spacial score (nSPS) is 23.9. The molecule has 42 heavy (non-hydrogen) atoms. The number of hydrogen-bond acceptors (Lipinski definition) is 6. The minimum Gasteiger partial charge on any atom is -0.494 e. The van der Waals surface area contributed by atoms with Crippen LogP contribution in [0.2, 0.25) is 0 Å². The van der Waals surface area contributed by atoms with Crippen LogP contribution in [-0.2, 0) is 29.0 Å². The highest BCUT2D eigenvalue weighted by molar-refractivity contribution is 6.30. The number of amides is 4. The highest BCUT2D eigenvalue weighted by Gasteiger charge is 2.55. The van der Waals surface area contributed by atoms with E-state index in [1.807, 2.05) is 60.9 Å². The van der Waals surface area contributed by atoms with Gasteiger partial charge in [0, 0.05) is 43.9 Å². The molecule has 3 aliphatic heterocycles. The zero-order valence-corrected chi connectivity index (χ0v) is 24.0. The Bertz CT molecular complexity index is 1560. The maximum Gasteiger partial charge on any atom is 0.335 e. The molecule has 0 radical (unpaired) electrons. The number of barbiturate groups is 1. The summed E-state index contributed by atoms with van der Waals surface area (Å²) in [7, 11) is 0. The number of nitrogens with zero attached hydrogens (tertiary/aromatic N) is 3. The Labute approximate surface area is 245 Å². The molecule has 3 aliphatic rings. The van der Waals surface area contributed by atoms with E-state index in [0.717, 1.165) is 34.6 Å². The Morgan fingerprint density at radius 1 is 0.881 bits per heavy atom. The van der Waals surface area contributed by atoms with Crippen molar-refractivity contribution in [2.24, 2.45) is 11.3 Å². The first-order valence-electron chi connectivity index (χ1n) is 14.7. The van der Waals surface area contributed by atoms with E-state index in [1.165, 1.54) is 0 Å². The number of carbonyl (C=O) groups is 3. The largest absolute Gasteiger partial charge is 0.494 e. The van der Waals surface area contributed by atoms with Gasteiger partial charge in [-0.2, -0.15) is 0 Å². The molecule has 0 unspecified atom stereocenters. The molecule has 0 saturated carbocycles. The van der Waals surface area contributed by atoms with Gasteiger partial charge in [-0.1, -0.05) is 37.3 Å². The molecule has 2 saturated heterocycles. The average Bonchev–Trinajstić information content (AvgIpc) is 2.98. The number of piperidine rings is 1. The topological polar surface area (TPSA) is 101 Å². The number of aryl methyl sites for hydroxylation is 1. The summed E-state index contributed by atoms with van der Waals surface area (Å²) in [5, 5.41) is 2.52. The smallest absolute Gasteiger partial charge is 0.335 e. The molecule has 0 spiro atoms. The number of likely N-dealkylation sites (tertiary alicyclic amines) is 1. The lowest BCUT2D eigenvalue weighted by atomic mass is 9.75. The van der Waals surface area contributed by atoms with Crippen LogP contribution in [0.25, 0.3) is 0 Å². The van der Waals surface area contributed by atoms with Gasteiger partial charge < -0.3 is 14.2 Å². The Hall–Kier alpha value is -4.24. The van der Waals surface area contributed by atoms with E-state index >= 15 is 0 Å². The highest BCUT2D eigenvalue weighted by Crippen LogP contribution is 2.39. The number of anilines is 1. The van der Waals surface area contributed by atoms with E-state index < -0.39 is 23.3 Å². The van der Waals surface area contributed by atoms with Crippen LogP contribution >= 0.6 is 0 Å². The summed E-state index contributed by atoms with van der Waals surface area (Å²) in [6.45, 7) is 6.53. The van der Waals surface area contributed by atoms with Gasteiger partial charge in [0.25, 0.3) is 11.5 Å². The molecular weight excluding hydrogens is 532 g/mol. The van der Waals surface area contributed by atoms with Gasteiger partial charge in [-0.15, -0.1) is 0 Å². The highest BCUT2D eigenvalue weighted by atomic mass is 16.5. The van der Waals surface area contributed by atoms with E-state index in [0.29, 0.717) is 37.7 Å². The molecule has 6 rings (SSSR count). The standard InChI is InChI=1S/C33H36N4O5/c1-3-22-8-12-26(13-9-22)37-31(40)33(30(39)34-32(37)41,17-23-10-14-27(15-11-23)42-4-2)21-35-18-24-16-25(20-35)28-6-5-7-29(38)36(28)19-24/h5-15,24-25H,3-4,16-21H2,1-2H3,(H,34,39,41)/t24-,25+,33-/m0/s1. The fourth-order valence-corrected chi connectivity index (χ4v) is 6.87. The fourth-order valence-electron chi connectivity index (χ4n) is 6.87. The van der Waals surface area contributed by atoms with Crippen LogP contribution in [-0.4, -0.2) is 53.6 Å². The van der Waals surface area contributed by atoms with Crippen LogP contribution < -0.4 is 20.5 Å². The molecular formula is C33H36N4O5. The predicted molar refractivity (Wildman–Crippen MR) is 159 cm³/mol. The number of nitrogens with one attached hydrogen (secondary N) is 1. The second-order valence-electron chi connectivity index (χ2n) is 11.6. The second-order valence-corrected chi connectivity index (χ2v) is 11.6. The number of ether oxygens (including phenoxy) is 1. The van der Waals surface area contributed by atoms with Gasteiger partial charge >= 0.3 is 6.03 Å². The molecule has 9 nitrogen and oxygen atoms in total. The van der Waals surface area contributed by atoms with Crippen molar-refractivity contribution in [2.75, 3.05) is 31.1 Å². The minimum atomic E-state index is -1.54. The van der Waals surface area contributed by atoms with Gasteiger partial charge in [0.15, 0.2) is 0 Å². The van der Waals surface area contributed by atoms with Gasteiger partial charge in [0.05, 0.1) is 12.3 Å². The average molecular weight is 569 g/mol. The van der Waals surface area contributed by atoms with Gasteiger partial charge in [0.1, 0.15) is 11.2 Å². The first-order valence-corrected chi connectivity index (χ1v) is 14.7. The van der Waals surface area contributed by atoms with Crippen molar-refractivity contribution < 1.29 is 19.1 Å². The lowest BCUT2D eigenvalue weighted by Gasteiger charge is -2.47. The van der Waals surface area contributed by atoms with Crippen LogP contribution in [0.5, 0.6) is 5.75 Å². The number of aromatic nitrogens is 1. The molecule has 4 heterocycles. The molecule has 3 aromatic rings. The van der Waals surface area contributed by atoms with Crippen molar-refractivity contribution in [3.05, 3.63) is 93.9 Å². The third-order valence-corrected chi connectivity index (χ3v) is 8.86. The summed E-state index contributed by atoms with van der Waals surface area (Å²) in [6.07, 6.45) is 1.91. The molecule has 2 bridgehead atoms. The summed E-state index contributed by atoms with van der Waals surface area (Å²) >= 11 is 0. The number of urea groups is 1. The monoisotopic (exact) mass is 568 g/mol. The van der Waals surface area contributed by atoms with Crippen molar-refractivity contribution in [3.63, 3.8) is 0 Å². The van der Waals surface area contributed by atoms with Crippen LogP contribution in [0, 0.1) is 11.3 Å². The molecule has 1 N–H and O–H groups in total. The van der Waals surface area contributed by atoms with Crippen molar-refractivity contribution in [3.8, 4) is 5.75 Å². The van der Waals surface area contributed by atoms with Crippen molar-refractivity contribution in [2.45, 2.75) is 45.6 Å². The Kier molecular flexibility index (Phi) is 7.45. The Morgan fingerprint density at radius 2 is 1.62 bits per heavy atom. The molecule has 4 amide bonds. The number of imide groups is 2. The van der Waals surface area contributed by atoms with E-state index in [9.17, 15) is 19.2 Å². The lowest BCUT2D eigenvalue weighted by Crippen LogP contribution is -2.68. The first kappa shape index (κ1) is 27.9. The maximum absolute atomic E-state index is 14.5. The minimum absolute atomic E-state index is 0.00713. The van der Waals surface area contributed by atoms with E-state index in [4.69, 9.17) is 4.74 Å². The number of pyridine rings is 1. The number of fused-ring (bicyclic) bond motifs is 4. The van der Waals surface area contributed by atoms with E-state index in [-0.39, 0.29) is 30.4 Å². The van der Waals surface area contributed by atoms with Gasteiger partial charge in [-0.3, -0.25) is 19.7 Å². The lowest BCUT2D eigenvalue weighted by molar-refractivity contribution is -0.144. The third-order valence-electron chi connectivity index (χ3n) is 8.86. The van der Waals surface area contributed by atoms with Gasteiger partial charge in [0.2, 0.25) is 5.91 Å². The maximum atomic E-state index is 14.5. The molecule has 9 heteroatoms. The molecule has 0 aliphatic carbocycles. The molecule has 3 atom stereocenters. The molecule has 1 aromatic heterocycles. The van der Waals surface area contributed by atoms with Crippen LogP contribution in [0.1, 0.15) is 43.0 Å². The number of benzene rings is 2. The van der Waals surface area contributed by atoms with Gasteiger partial charge in [-0.25, -0.2) is 9.69 Å². The van der Waals surface area contributed by atoms with Crippen molar-refractivity contribution in [1.29, 1.82) is 0 Å². The van der Waals surface area contributed by atoms with Crippen LogP contribution in [0.4, 0.5) is 10.5 Å². The van der Waals surface area contributed by atoms with Crippen molar-refractivity contribution in [1.82, 2.24) is 14.8 Å². The number of carbonyl (C=O) groups excluding carboxylic acids is 3. The molecule has 218 valence electrons. The summed E-state index contributed by atoms with van der Waals surface area (Å²) in [5.74, 6) is -0.0582. The zero-order valence-electron chi connectivity index (χ0n) is 24.0. The first-order chi connectivity index (χ1) is 20.3. The number of hydrogen-bond donors (Lipinski definition) is 1. The molecule has 2 fully saturated rings. The quantitative estimate of drug-likeness (QED) is 0.416. The Balaban J connectivity index is 1.36. The third kappa shape index (κ3) is 5.02. The summed E-state index contributed by atoms with van der Waals surface area (Å²) in [6, 6.07) is 19.4. The predicted octanol–water partition coefficient (Wildman–Crippen LogP) is 3.74. The molecule has 2 aromatic carbocycles. The SMILES string of the molecule is CCOc1ccc(C[C@]2(CN3C[C@@H]4C[C@H](C3)c3cccc(=O)n3C4)C(=O)NC(=O)N(c3ccc(CC)cc3)C2=O)cc1.